The summed E-state index contributed by atoms with van der Waals surface area (Å²) in [4.78, 5) is 3.83. The fourth-order valence-corrected chi connectivity index (χ4v) is 0.619. The van der Waals surface area contributed by atoms with Crippen molar-refractivity contribution in [3.05, 3.63) is 5.32 Å². The van der Waals surface area contributed by atoms with Gasteiger partial charge < -0.3 is 10.3 Å². The van der Waals surface area contributed by atoms with Crippen LogP contribution in [0.2, 0.25) is 0 Å². The number of alkyl halides is 3. The first kappa shape index (κ1) is 15.4. The van der Waals surface area contributed by atoms with E-state index < -0.39 is 12.7 Å². The number of nitrogens with zero attached hydrogens (tertiary/aromatic N) is 2. The predicted octanol–water partition coefficient (Wildman–Crippen LogP) is 2.75. The van der Waals surface area contributed by atoms with Crippen LogP contribution in [0.25, 0.3) is 5.32 Å². The summed E-state index contributed by atoms with van der Waals surface area (Å²) in [5, 5.41) is 3.26. The Hall–Kier alpha value is -0.117. The number of amidine groups is 1. The molecule has 0 aliphatic carbocycles. The molecule has 6 heteroatoms. The average Bonchev–Trinajstić information content (AvgIpc) is 1.80. The zero-order valence-corrected chi connectivity index (χ0v) is 11.0. The minimum absolute atomic E-state index is 0. The SMILES string of the molecule is CC(=NC(C)C)[N-]CC(F)(F)F.[Zn]. The standard InChI is InChI=1S/C7H12F3N2.Zn/c1-5(2)12-6(3)11-4-7(8,9)10;/h5H,4H2,1-3H3;/q-1;. The van der Waals surface area contributed by atoms with Crippen LogP contribution < -0.4 is 0 Å². The van der Waals surface area contributed by atoms with E-state index in [4.69, 9.17) is 0 Å². The van der Waals surface area contributed by atoms with E-state index >= 15 is 0 Å². The van der Waals surface area contributed by atoms with Gasteiger partial charge in [0, 0.05) is 26.0 Å². The van der Waals surface area contributed by atoms with Gasteiger partial charge in [0.1, 0.15) is 0 Å². The van der Waals surface area contributed by atoms with Gasteiger partial charge in [-0.1, -0.05) is 19.7 Å². The van der Waals surface area contributed by atoms with Crippen LogP contribution in [0.5, 0.6) is 0 Å². The maximum Gasteiger partial charge on any atom is 0.388 e. The number of hydrogen-bond acceptors (Lipinski definition) is 1. The molecule has 0 radical (unpaired) electrons. The Morgan fingerprint density at radius 1 is 1.38 bits per heavy atom. The molecule has 13 heavy (non-hydrogen) atoms. The van der Waals surface area contributed by atoms with Crippen LogP contribution in [-0.4, -0.2) is 24.6 Å². The smallest absolute Gasteiger partial charge is 0.388 e. The van der Waals surface area contributed by atoms with Gasteiger partial charge in [0.25, 0.3) is 0 Å². The van der Waals surface area contributed by atoms with E-state index in [1.807, 2.05) is 0 Å². The van der Waals surface area contributed by atoms with Crippen molar-refractivity contribution in [2.75, 3.05) is 6.54 Å². The first-order chi connectivity index (χ1) is 5.31. The van der Waals surface area contributed by atoms with Gasteiger partial charge in [0.15, 0.2) is 0 Å². The molecule has 0 rings (SSSR count). The van der Waals surface area contributed by atoms with Crippen molar-refractivity contribution in [2.24, 2.45) is 4.99 Å². The molecule has 0 atom stereocenters. The summed E-state index contributed by atoms with van der Waals surface area (Å²) in [6.45, 7) is 3.89. The van der Waals surface area contributed by atoms with Crippen molar-refractivity contribution in [2.45, 2.75) is 33.0 Å². The van der Waals surface area contributed by atoms with Crippen molar-refractivity contribution in [1.29, 1.82) is 0 Å². The Morgan fingerprint density at radius 3 is 2.15 bits per heavy atom. The van der Waals surface area contributed by atoms with Crippen molar-refractivity contribution < 1.29 is 32.6 Å². The number of hydrogen-bond donors (Lipinski definition) is 0. The van der Waals surface area contributed by atoms with Gasteiger partial charge in [-0.15, -0.1) is 0 Å². The van der Waals surface area contributed by atoms with Gasteiger partial charge >= 0.3 is 6.18 Å². The summed E-state index contributed by atoms with van der Waals surface area (Å²) < 4.78 is 34.8. The van der Waals surface area contributed by atoms with E-state index in [1.54, 1.807) is 13.8 Å². The summed E-state index contributed by atoms with van der Waals surface area (Å²) >= 11 is 0. The topological polar surface area (TPSA) is 26.5 Å². The largest absolute Gasteiger partial charge is 0.467 e. The first-order valence-corrected chi connectivity index (χ1v) is 3.60. The Labute approximate surface area is 88.8 Å². The van der Waals surface area contributed by atoms with E-state index in [1.165, 1.54) is 6.92 Å². The van der Waals surface area contributed by atoms with Crippen molar-refractivity contribution in [1.82, 2.24) is 0 Å². The number of rotatable bonds is 2. The van der Waals surface area contributed by atoms with E-state index in [0.29, 0.717) is 0 Å². The quantitative estimate of drug-likeness (QED) is 0.407. The molecule has 74 valence electrons. The second-order valence-electron chi connectivity index (χ2n) is 2.70. The fraction of sp³-hybridized carbons (Fsp3) is 0.857. The normalized spacial score (nSPS) is 12.7. The molecule has 0 N–H and O–H groups in total. The molecular formula is C7H12F3N2Zn-. The van der Waals surface area contributed by atoms with Crippen LogP contribution in [0.1, 0.15) is 20.8 Å². The molecule has 0 bridgehead atoms. The van der Waals surface area contributed by atoms with Crippen molar-refractivity contribution in [3.63, 3.8) is 0 Å². The van der Waals surface area contributed by atoms with Crippen LogP contribution in [0.15, 0.2) is 4.99 Å². The Kier molecular flexibility index (Phi) is 7.51. The zero-order valence-electron chi connectivity index (χ0n) is 8.02. The van der Waals surface area contributed by atoms with Gasteiger partial charge in [0.2, 0.25) is 0 Å². The molecule has 0 aromatic rings. The summed E-state index contributed by atoms with van der Waals surface area (Å²) in [6, 6.07) is -0.0121. The van der Waals surface area contributed by atoms with Crippen LogP contribution >= 0.6 is 0 Å². The minimum Gasteiger partial charge on any atom is -0.467 e. The van der Waals surface area contributed by atoms with Gasteiger partial charge in [-0.2, -0.15) is 13.2 Å². The van der Waals surface area contributed by atoms with Gasteiger partial charge in [0.05, 0.1) is 0 Å². The van der Waals surface area contributed by atoms with Crippen molar-refractivity contribution >= 4 is 5.84 Å². The Morgan fingerprint density at radius 2 is 1.85 bits per heavy atom. The molecule has 0 saturated carbocycles. The van der Waals surface area contributed by atoms with E-state index in [-0.39, 0.29) is 31.4 Å². The molecule has 0 spiro atoms. The number of halogens is 3. The van der Waals surface area contributed by atoms with E-state index in [2.05, 4.69) is 10.3 Å². The van der Waals surface area contributed by atoms with Crippen LogP contribution in [-0.2, 0) is 19.5 Å². The third-order valence-electron chi connectivity index (χ3n) is 0.932. The molecule has 2 nitrogen and oxygen atoms in total. The molecule has 0 amide bonds. The second kappa shape index (κ2) is 6.35. The van der Waals surface area contributed by atoms with Crippen molar-refractivity contribution in [3.8, 4) is 0 Å². The molecule has 0 saturated heterocycles. The van der Waals surface area contributed by atoms with Crippen LogP contribution in [0.3, 0.4) is 0 Å². The number of aliphatic imine (C=N–C) groups is 1. The molecule has 0 heterocycles. The fourth-order valence-electron chi connectivity index (χ4n) is 0.619. The molecule has 0 unspecified atom stereocenters. The van der Waals surface area contributed by atoms with Gasteiger partial charge in [-0.05, 0) is 13.0 Å². The zero-order chi connectivity index (χ0) is 9.78. The van der Waals surface area contributed by atoms with Gasteiger partial charge in [-0.25, -0.2) is 0 Å². The average molecular weight is 247 g/mol. The second-order valence-corrected chi connectivity index (χ2v) is 2.70. The van der Waals surface area contributed by atoms with Crippen LogP contribution in [0.4, 0.5) is 13.2 Å². The Bertz CT molecular complexity index is 166. The summed E-state index contributed by atoms with van der Waals surface area (Å²) in [5.41, 5.74) is 0. The molecule has 0 aromatic carbocycles. The Balaban J connectivity index is 0. The van der Waals surface area contributed by atoms with Gasteiger partial charge in [-0.3, -0.25) is 0 Å². The molecule has 0 aliphatic rings. The minimum atomic E-state index is -4.23. The summed E-state index contributed by atoms with van der Waals surface area (Å²) in [5.74, 6) is 0.197. The third-order valence-corrected chi connectivity index (χ3v) is 0.932. The predicted molar refractivity (Wildman–Crippen MR) is 42.5 cm³/mol. The summed E-state index contributed by atoms with van der Waals surface area (Å²) in [6.07, 6.45) is -4.23. The molecule has 0 fully saturated rings. The van der Waals surface area contributed by atoms with E-state index in [0.717, 1.165) is 0 Å². The summed E-state index contributed by atoms with van der Waals surface area (Å²) in [7, 11) is 0. The first-order valence-electron chi connectivity index (χ1n) is 3.60. The van der Waals surface area contributed by atoms with E-state index in [9.17, 15) is 13.2 Å². The molecule has 0 aliphatic heterocycles. The van der Waals surface area contributed by atoms with Crippen LogP contribution in [0, 0.1) is 0 Å². The monoisotopic (exact) mass is 245 g/mol. The molecular weight excluding hydrogens is 234 g/mol. The third kappa shape index (κ3) is 11.9. The maximum atomic E-state index is 11.6. The molecule has 0 aromatic heterocycles. The maximum absolute atomic E-state index is 11.6.